The Bertz CT molecular complexity index is 583. The van der Waals surface area contributed by atoms with Crippen LogP contribution in [-0.2, 0) is 4.74 Å². The third kappa shape index (κ3) is 0.959. The van der Waals surface area contributed by atoms with Crippen molar-refractivity contribution in [2.45, 2.75) is 12.2 Å². The minimum atomic E-state index is 0.316. The monoisotopic (exact) mass is 194 g/mol. The molecule has 1 heterocycles. The highest BCUT2D eigenvalue weighted by Crippen LogP contribution is 2.47. The van der Waals surface area contributed by atoms with Gasteiger partial charge in [0, 0.05) is 0 Å². The van der Waals surface area contributed by atoms with Gasteiger partial charge in [0.2, 0.25) is 0 Å². The third-order valence-electron chi connectivity index (χ3n) is 3.28. The van der Waals surface area contributed by atoms with Crippen LogP contribution in [0.3, 0.4) is 0 Å². The predicted octanol–water partition coefficient (Wildman–Crippen LogP) is 3.31. The number of epoxide rings is 1. The topological polar surface area (TPSA) is 12.5 Å². The van der Waals surface area contributed by atoms with Crippen molar-refractivity contribution in [3.05, 3.63) is 53.6 Å². The van der Waals surface area contributed by atoms with Crippen molar-refractivity contribution in [1.29, 1.82) is 0 Å². The van der Waals surface area contributed by atoms with Gasteiger partial charge in [-0.05, 0) is 21.9 Å². The fourth-order valence-corrected chi connectivity index (χ4v) is 2.48. The first-order chi connectivity index (χ1) is 7.43. The maximum absolute atomic E-state index is 5.63. The number of hydrogen-bond acceptors (Lipinski definition) is 1. The van der Waals surface area contributed by atoms with Gasteiger partial charge in [-0.25, -0.2) is 0 Å². The Hall–Kier alpha value is -1.60. The molecule has 1 saturated heterocycles. The lowest BCUT2D eigenvalue weighted by Gasteiger charge is -2.10. The lowest BCUT2D eigenvalue weighted by molar-refractivity contribution is 0.396. The molecule has 0 saturated carbocycles. The molecule has 1 heteroatoms. The Balaban J connectivity index is 2.15. The number of rotatable bonds is 0. The minimum Gasteiger partial charge on any atom is -0.360 e. The van der Waals surface area contributed by atoms with E-state index in [2.05, 4.69) is 48.6 Å². The first-order valence-electron chi connectivity index (χ1n) is 5.29. The maximum Gasteiger partial charge on any atom is 0.114 e. The molecule has 1 nitrogen and oxygen atoms in total. The van der Waals surface area contributed by atoms with Gasteiger partial charge in [-0.1, -0.05) is 48.6 Å². The summed E-state index contributed by atoms with van der Waals surface area (Å²) in [5, 5.41) is 2.65. The van der Waals surface area contributed by atoms with E-state index in [-0.39, 0.29) is 0 Å². The molecule has 1 aliphatic carbocycles. The van der Waals surface area contributed by atoms with Crippen LogP contribution in [0.2, 0.25) is 0 Å². The summed E-state index contributed by atoms with van der Waals surface area (Å²) < 4.78 is 5.63. The molecule has 2 aliphatic rings. The molecular formula is C14H10O. The van der Waals surface area contributed by atoms with Crippen LogP contribution in [-0.4, -0.2) is 6.10 Å². The molecule has 0 bridgehead atoms. The first kappa shape index (κ1) is 7.66. The van der Waals surface area contributed by atoms with E-state index >= 15 is 0 Å². The van der Waals surface area contributed by atoms with Crippen LogP contribution in [0, 0.1) is 0 Å². The van der Waals surface area contributed by atoms with Crippen molar-refractivity contribution in [1.82, 2.24) is 0 Å². The van der Waals surface area contributed by atoms with Crippen LogP contribution < -0.4 is 0 Å². The van der Waals surface area contributed by atoms with E-state index in [0.717, 1.165) is 0 Å². The highest BCUT2D eigenvalue weighted by molar-refractivity contribution is 5.90. The summed E-state index contributed by atoms with van der Waals surface area (Å²) in [6.07, 6.45) is 4.98. The molecule has 2 aromatic rings. The highest BCUT2D eigenvalue weighted by Gasteiger charge is 2.42. The van der Waals surface area contributed by atoms with Crippen LogP contribution >= 0.6 is 0 Å². The molecule has 4 rings (SSSR count). The normalized spacial score (nSPS) is 26.1. The second-order valence-corrected chi connectivity index (χ2v) is 4.17. The molecule has 1 fully saturated rings. The molecular weight excluding hydrogens is 184 g/mol. The highest BCUT2D eigenvalue weighted by atomic mass is 16.6. The first-order valence-corrected chi connectivity index (χ1v) is 5.29. The second kappa shape index (κ2) is 2.50. The largest absolute Gasteiger partial charge is 0.360 e. The summed E-state index contributed by atoms with van der Waals surface area (Å²) in [6.45, 7) is 0. The fourth-order valence-electron chi connectivity index (χ4n) is 2.48. The quantitative estimate of drug-likeness (QED) is 0.586. The summed E-state index contributed by atoms with van der Waals surface area (Å²) in [7, 11) is 0. The standard InChI is InChI=1S/C14H10O/c1-2-4-11-9(3-1)5-6-10-7-8-12-14(15-12)13(10)11/h1-8,12,14H/t12-,14-/m1/s1. The van der Waals surface area contributed by atoms with Crippen LogP contribution in [0.15, 0.2) is 42.5 Å². The van der Waals surface area contributed by atoms with Crippen LogP contribution in [0.5, 0.6) is 0 Å². The molecule has 1 aliphatic heterocycles. The molecule has 0 radical (unpaired) electrons. The Morgan fingerprint density at radius 2 is 1.93 bits per heavy atom. The second-order valence-electron chi connectivity index (χ2n) is 4.17. The van der Waals surface area contributed by atoms with E-state index in [1.807, 2.05) is 0 Å². The van der Waals surface area contributed by atoms with Crippen molar-refractivity contribution in [3.63, 3.8) is 0 Å². The summed E-state index contributed by atoms with van der Waals surface area (Å²) in [6, 6.07) is 12.9. The predicted molar refractivity (Wildman–Crippen MR) is 60.6 cm³/mol. The average molecular weight is 194 g/mol. The van der Waals surface area contributed by atoms with Gasteiger partial charge in [-0.2, -0.15) is 0 Å². The van der Waals surface area contributed by atoms with E-state index in [4.69, 9.17) is 4.74 Å². The number of hydrogen-bond donors (Lipinski definition) is 0. The van der Waals surface area contributed by atoms with Crippen molar-refractivity contribution in [2.75, 3.05) is 0 Å². The Morgan fingerprint density at radius 1 is 1.00 bits per heavy atom. The Morgan fingerprint density at radius 3 is 2.93 bits per heavy atom. The van der Waals surface area contributed by atoms with Gasteiger partial charge in [0.25, 0.3) is 0 Å². The van der Waals surface area contributed by atoms with Crippen molar-refractivity contribution < 1.29 is 4.74 Å². The summed E-state index contributed by atoms with van der Waals surface area (Å²) in [5.41, 5.74) is 2.69. The average Bonchev–Trinajstić information content (AvgIpc) is 3.07. The van der Waals surface area contributed by atoms with Gasteiger partial charge < -0.3 is 4.74 Å². The van der Waals surface area contributed by atoms with Gasteiger partial charge in [0.1, 0.15) is 12.2 Å². The van der Waals surface area contributed by atoms with Gasteiger partial charge in [-0.15, -0.1) is 0 Å². The van der Waals surface area contributed by atoms with Gasteiger partial charge in [-0.3, -0.25) is 0 Å². The lowest BCUT2D eigenvalue weighted by Crippen LogP contribution is -1.96. The molecule has 0 spiro atoms. The summed E-state index contributed by atoms with van der Waals surface area (Å²) >= 11 is 0. The minimum absolute atomic E-state index is 0.316. The van der Waals surface area contributed by atoms with Gasteiger partial charge in [0.05, 0.1) is 0 Å². The lowest BCUT2D eigenvalue weighted by atomic mass is 9.92. The van der Waals surface area contributed by atoms with Crippen LogP contribution in [0.1, 0.15) is 17.2 Å². The zero-order chi connectivity index (χ0) is 9.83. The van der Waals surface area contributed by atoms with Crippen LogP contribution in [0.4, 0.5) is 0 Å². The number of benzene rings is 2. The van der Waals surface area contributed by atoms with E-state index in [1.165, 1.54) is 21.9 Å². The smallest absolute Gasteiger partial charge is 0.114 e. The van der Waals surface area contributed by atoms with E-state index in [9.17, 15) is 0 Å². The fraction of sp³-hybridized carbons (Fsp3) is 0.143. The molecule has 0 aromatic heterocycles. The Kier molecular flexibility index (Phi) is 1.28. The van der Waals surface area contributed by atoms with Crippen molar-refractivity contribution in [3.8, 4) is 0 Å². The Labute approximate surface area is 88.0 Å². The zero-order valence-corrected chi connectivity index (χ0v) is 8.18. The van der Waals surface area contributed by atoms with Crippen LogP contribution in [0.25, 0.3) is 16.8 Å². The van der Waals surface area contributed by atoms with Gasteiger partial charge in [0.15, 0.2) is 0 Å². The molecule has 72 valence electrons. The molecule has 2 aromatic carbocycles. The van der Waals surface area contributed by atoms with E-state index in [1.54, 1.807) is 0 Å². The van der Waals surface area contributed by atoms with Gasteiger partial charge >= 0.3 is 0 Å². The third-order valence-corrected chi connectivity index (χ3v) is 3.28. The van der Waals surface area contributed by atoms with Crippen molar-refractivity contribution in [2.24, 2.45) is 0 Å². The van der Waals surface area contributed by atoms with E-state index < -0.39 is 0 Å². The maximum atomic E-state index is 5.63. The molecule has 0 N–H and O–H groups in total. The van der Waals surface area contributed by atoms with Crippen molar-refractivity contribution >= 4 is 16.8 Å². The van der Waals surface area contributed by atoms with E-state index in [0.29, 0.717) is 12.2 Å². The number of ether oxygens (including phenoxy) is 1. The zero-order valence-electron chi connectivity index (χ0n) is 8.18. The summed E-state index contributed by atoms with van der Waals surface area (Å²) in [4.78, 5) is 0. The molecule has 15 heavy (non-hydrogen) atoms. The molecule has 0 unspecified atom stereocenters. The molecule has 2 atom stereocenters. The summed E-state index contributed by atoms with van der Waals surface area (Å²) in [5.74, 6) is 0. The SMILES string of the molecule is C1=C[C@H]2O[C@H]2c2c1ccc1ccccc21. The number of fused-ring (bicyclic) bond motifs is 5. The molecule has 0 amide bonds.